The largest absolute Gasteiger partial charge is 0.508 e. The second kappa shape index (κ2) is 9.21. The van der Waals surface area contributed by atoms with Crippen LogP contribution < -0.4 is 5.32 Å². The van der Waals surface area contributed by atoms with Crippen molar-refractivity contribution in [3.8, 4) is 5.75 Å². The molecule has 2 heteroatoms. The van der Waals surface area contributed by atoms with Crippen LogP contribution >= 0.6 is 0 Å². The number of hydrogen-bond acceptors (Lipinski definition) is 2. The summed E-state index contributed by atoms with van der Waals surface area (Å²) in [7, 11) is 0. The van der Waals surface area contributed by atoms with Crippen LogP contribution in [0.25, 0.3) is 0 Å². The molecule has 0 heterocycles. The second-order valence-electron chi connectivity index (χ2n) is 6.89. The predicted octanol–water partition coefficient (Wildman–Crippen LogP) is 5.14. The van der Waals surface area contributed by atoms with Crippen LogP contribution in [-0.4, -0.2) is 17.7 Å². The molecule has 1 unspecified atom stereocenters. The van der Waals surface area contributed by atoms with Gasteiger partial charge in [-0.25, -0.2) is 0 Å². The lowest BCUT2D eigenvalue weighted by Crippen LogP contribution is -2.30. The summed E-state index contributed by atoms with van der Waals surface area (Å²) in [6, 6.07) is 29.4. The molecule has 134 valence electrons. The molecule has 0 amide bonds. The van der Waals surface area contributed by atoms with Gasteiger partial charge in [-0.05, 0) is 55.1 Å². The molecule has 0 saturated heterocycles. The minimum Gasteiger partial charge on any atom is -0.508 e. The van der Waals surface area contributed by atoms with Gasteiger partial charge in [0, 0.05) is 12.0 Å². The number of aromatic hydroxyl groups is 1. The smallest absolute Gasteiger partial charge is 0.115 e. The Bertz CT molecular complexity index is 729. The molecule has 3 rings (SSSR count). The minimum absolute atomic E-state index is 0.322. The summed E-state index contributed by atoms with van der Waals surface area (Å²) in [5.41, 5.74) is 3.98. The molecule has 0 aliphatic heterocycles. The molecule has 0 bridgehead atoms. The first kappa shape index (κ1) is 18.2. The third kappa shape index (κ3) is 5.21. The van der Waals surface area contributed by atoms with Gasteiger partial charge in [0.15, 0.2) is 0 Å². The van der Waals surface area contributed by atoms with Crippen LogP contribution in [0.4, 0.5) is 0 Å². The standard InChI is InChI=1S/C24H27NO/c1-19(18-20-12-14-23(26)15-13-20)25-17-16-24(21-8-4-2-5-9-21)22-10-6-3-7-11-22/h2-15,19,24-26H,16-18H2,1H3. The maximum absolute atomic E-state index is 9.39. The van der Waals surface area contributed by atoms with Crippen molar-refractivity contribution in [2.24, 2.45) is 0 Å². The molecule has 2 N–H and O–H groups in total. The van der Waals surface area contributed by atoms with Crippen molar-refractivity contribution in [3.63, 3.8) is 0 Å². The van der Waals surface area contributed by atoms with Gasteiger partial charge in [-0.1, -0.05) is 72.8 Å². The monoisotopic (exact) mass is 345 g/mol. The lowest BCUT2D eigenvalue weighted by Gasteiger charge is -2.20. The fourth-order valence-corrected chi connectivity index (χ4v) is 3.43. The highest BCUT2D eigenvalue weighted by Crippen LogP contribution is 2.27. The van der Waals surface area contributed by atoms with Crippen molar-refractivity contribution in [1.29, 1.82) is 0 Å². The summed E-state index contributed by atoms with van der Waals surface area (Å²) >= 11 is 0. The quantitative estimate of drug-likeness (QED) is 0.593. The van der Waals surface area contributed by atoms with Crippen LogP contribution in [0, 0.1) is 0 Å². The number of rotatable bonds is 8. The van der Waals surface area contributed by atoms with E-state index < -0.39 is 0 Å². The van der Waals surface area contributed by atoms with Crippen molar-refractivity contribution < 1.29 is 5.11 Å². The minimum atomic E-state index is 0.322. The van der Waals surface area contributed by atoms with Gasteiger partial charge in [0.05, 0.1) is 0 Å². The fraction of sp³-hybridized carbons (Fsp3) is 0.250. The highest BCUT2D eigenvalue weighted by atomic mass is 16.3. The van der Waals surface area contributed by atoms with Gasteiger partial charge in [-0.15, -0.1) is 0 Å². The van der Waals surface area contributed by atoms with E-state index in [1.54, 1.807) is 12.1 Å². The van der Waals surface area contributed by atoms with Gasteiger partial charge in [-0.3, -0.25) is 0 Å². The molecule has 26 heavy (non-hydrogen) atoms. The Hall–Kier alpha value is -2.58. The fourth-order valence-electron chi connectivity index (χ4n) is 3.43. The molecule has 0 spiro atoms. The highest BCUT2D eigenvalue weighted by molar-refractivity contribution is 5.32. The summed E-state index contributed by atoms with van der Waals surface area (Å²) in [5, 5.41) is 13.0. The van der Waals surface area contributed by atoms with E-state index in [4.69, 9.17) is 0 Å². The SMILES string of the molecule is CC(Cc1ccc(O)cc1)NCCC(c1ccccc1)c1ccccc1. The van der Waals surface area contributed by atoms with Crippen molar-refractivity contribution in [2.75, 3.05) is 6.54 Å². The number of hydrogen-bond donors (Lipinski definition) is 2. The topological polar surface area (TPSA) is 32.3 Å². The van der Waals surface area contributed by atoms with E-state index in [2.05, 4.69) is 72.9 Å². The zero-order valence-electron chi connectivity index (χ0n) is 15.3. The van der Waals surface area contributed by atoms with Crippen LogP contribution in [0.3, 0.4) is 0 Å². The van der Waals surface area contributed by atoms with Crippen LogP contribution in [0.15, 0.2) is 84.9 Å². The third-order valence-electron chi connectivity index (χ3n) is 4.81. The van der Waals surface area contributed by atoms with Crippen LogP contribution in [0.2, 0.25) is 0 Å². The maximum Gasteiger partial charge on any atom is 0.115 e. The Labute approximate surface area is 156 Å². The normalized spacial score (nSPS) is 12.2. The van der Waals surface area contributed by atoms with Crippen LogP contribution in [-0.2, 0) is 6.42 Å². The summed E-state index contributed by atoms with van der Waals surface area (Å²) in [6.45, 7) is 3.18. The number of phenols is 1. The average molecular weight is 345 g/mol. The molecule has 0 aliphatic carbocycles. The predicted molar refractivity (Wildman–Crippen MR) is 109 cm³/mol. The van der Waals surface area contributed by atoms with Gasteiger partial charge < -0.3 is 10.4 Å². The molecular formula is C24H27NO. The number of phenolic OH excluding ortho intramolecular Hbond substituents is 1. The van der Waals surface area contributed by atoms with Gasteiger partial charge in [0.2, 0.25) is 0 Å². The van der Waals surface area contributed by atoms with E-state index in [1.807, 2.05) is 12.1 Å². The molecular weight excluding hydrogens is 318 g/mol. The first-order valence-electron chi connectivity index (χ1n) is 9.33. The van der Waals surface area contributed by atoms with Gasteiger partial charge in [0.1, 0.15) is 5.75 Å². The first-order valence-corrected chi connectivity index (χ1v) is 9.33. The Kier molecular flexibility index (Phi) is 6.45. The van der Waals surface area contributed by atoms with E-state index in [9.17, 15) is 5.11 Å². The Balaban J connectivity index is 1.58. The lowest BCUT2D eigenvalue weighted by atomic mass is 9.88. The Morgan fingerprint density at radius 1 is 0.769 bits per heavy atom. The van der Waals surface area contributed by atoms with Crippen molar-refractivity contribution in [3.05, 3.63) is 102 Å². The highest BCUT2D eigenvalue weighted by Gasteiger charge is 2.14. The second-order valence-corrected chi connectivity index (χ2v) is 6.89. The molecule has 1 atom stereocenters. The van der Waals surface area contributed by atoms with Crippen molar-refractivity contribution in [1.82, 2.24) is 5.32 Å². The van der Waals surface area contributed by atoms with E-state index in [0.29, 0.717) is 17.7 Å². The number of nitrogens with one attached hydrogen (secondary N) is 1. The van der Waals surface area contributed by atoms with Gasteiger partial charge in [0.25, 0.3) is 0 Å². The molecule has 0 fully saturated rings. The summed E-state index contributed by atoms with van der Waals surface area (Å²) in [6.07, 6.45) is 2.02. The zero-order chi connectivity index (χ0) is 18.2. The summed E-state index contributed by atoms with van der Waals surface area (Å²) in [5.74, 6) is 0.730. The molecule has 2 nitrogen and oxygen atoms in total. The van der Waals surface area contributed by atoms with E-state index >= 15 is 0 Å². The number of benzene rings is 3. The molecule has 0 aliphatic rings. The van der Waals surface area contributed by atoms with Crippen molar-refractivity contribution in [2.45, 2.75) is 31.7 Å². The lowest BCUT2D eigenvalue weighted by molar-refractivity contribution is 0.474. The van der Waals surface area contributed by atoms with Gasteiger partial charge in [-0.2, -0.15) is 0 Å². The van der Waals surface area contributed by atoms with Crippen molar-refractivity contribution >= 4 is 0 Å². The first-order chi connectivity index (χ1) is 12.7. The van der Waals surface area contributed by atoms with E-state index in [1.165, 1.54) is 16.7 Å². The molecule has 0 saturated carbocycles. The zero-order valence-corrected chi connectivity index (χ0v) is 15.3. The Morgan fingerprint density at radius 3 is 1.85 bits per heavy atom. The van der Waals surface area contributed by atoms with E-state index in [-0.39, 0.29) is 0 Å². The molecule has 3 aromatic carbocycles. The molecule has 0 radical (unpaired) electrons. The molecule has 0 aromatic heterocycles. The average Bonchev–Trinajstić information content (AvgIpc) is 2.68. The van der Waals surface area contributed by atoms with Crippen LogP contribution in [0.5, 0.6) is 5.75 Å². The van der Waals surface area contributed by atoms with E-state index in [0.717, 1.165) is 19.4 Å². The summed E-state index contributed by atoms with van der Waals surface area (Å²) in [4.78, 5) is 0. The molecule has 3 aromatic rings. The van der Waals surface area contributed by atoms with Gasteiger partial charge >= 0.3 is 0 Å². The van der Waals surface area contributed by atoms with Crippen LogP contribution in [0.1, 0.15) is 36.0 Å². The Morgan fingerprint density at radius 2 is 1.31 bits per heavy atom. The third-order valence-corrected chi connectivity index (χ3v) is 4.81. The maximum atomic E-state index is 9.39. The summed E-state index contributed by atoms with van der Waals surface area (Å²) < 4.78 is 0.